The van der Waals surface area contributed by atoms with Gasteiger partial charge in [-0.3, -0.25) is 19.0 Å². The largest absolute Gasteiger partial charge is 0.340 e. The summed E-state index contributed by atoms with van der Waals surface area (Å²) in [6.07, 6.45) is 2.00. The van der Waals surface area contributed by atoms with Crippen molar-refractivity contribution in [2.75, 3.05) is 38.5 Å². The Balaban J connectivity index is 1.30. The van der Waals surface area contributed by atoms with Crippen LogP contribution in [0.25, 0.3) is 10.9 Å². The van der Waals surface area contributed by atoms with Crippen molar-refractivity contribution in [3.8, 4) is 0 Å². The number of piperazine rings is 1. The molecule has 2 aliphatic rings. The summed E-state index contributed by atoms with van der Waals surface area (Å²) in [5, 5.41) is 3.44. The summed E-state index contributed by atoms with van der Waals surface area (Å²) >= 11 is 0. The second-order valence-corrected chi connectivity index (χ2v) is 8.84. The second kappa shape index (κ2) is 8.78. The van der Waals surface area contributed by atoms with Crippen LogP contribution in [0.15, 0.2) is 47.3 Å². The van der Waals surface area contributed by atoms with E-state index in [2.05, 4.69) is 22.2 Å². The molecule has 8 heteroatoms. The highest BCUT2D eigenvalue weighted by Gasteiger charge is 2.20. The molecule has 1 fully saturated rings. The molecule has 33 heavy (non-hydrogen) atoms. The molecule has 1 N–H and O–H groups in total. The topological polar surface area (TPSA) is 87.5 Å². The van der Waals surface area contributed by atoms with Crippen molar-refractivity contribution in [1.82, 2.24) is 19.4 Å². The summed E-state index contributed by atoms with van der Waals surface area (Å²) in [6, 6.07) is 12.4. The van der Waals surface area contributed by atoms with Crippen molar-refractivity contribution in [1.29, 1.82) is 0 Å². The van der Waals surface area contributed by atoms with Crippen molar-refractivity contribution in [2.24, 2.45) is 0 Å². The van der Waals surface area contributed by atoms with Crippen molar-refractivity contribution in [2.45, 2.75) is 25.8 Å². The highest BCUT2D eigenvalue weighted by molar-refractivity contribution is 6.06. The van der Waals surface area contributed by atoms with Crippen molar-refractivity contribution in [3.63, 3.8) is 0 Å². The molecule has 3 heterocycles. The molecule has 8 nitrogen and oxygen atoms in total. The number of aromatic nitrogens is 2. The van der Waals surface area contributed by atoms with Gasteiger partial charge in [0, 0.05) is 50.4 Å². The van der Waals surface area contributed by atoms with Crippen LogP contribution in [0.2, 0.25) is 0 Å². The molecule has 0 bridgehead atoms. The monoisotopic (exact) mass is 445 g/mol. The summed E-state index contributed by atoms with van der Waals surface area (Å²) in [5.41, 5.74) is 2.44. The molecule has 0 radical (unpaired) electrons. The summed E-state index contributed by atoms with van der Waals surface area (Å²) in [7, 11) is 2.06. The number of benzene rings is 2. The first kappa shape index (κ1) is 21.3. The van der Waals surface area contributed by atoms with Crippen LogP contribution in [0.1, 0.15) is 28.2 Å². The fourth-order valence-electron chi connectivity index (χ4n) is 4.53. The average Bonchev–Trinajstić information content (AvgIpc) is 3.28. The highest BCUT2D eigenvalue weighted by atomic mass is 16.2. The number of nitrogens with zero attached hydrogens (tertiary/aromatic N) is 4. The normalized spacial score (nSPS) is 16.1. The molecule has 0 atom stereocenters. The lowest BCUT2D eigenvalue weighted by atomic mass is 10.1. The Labute approximate surface area is 191 Å². The number of hydrogen-bond acceptors (Lipinski definition) is 5. The van der Waals surface area contributed by atoms with E-state index in [4.69, 9.17) is 0 Å². The molecule has 1 aromatic heterocycles. The number of fused-ring (bicyclic) bond motifs is 2. The van der Waals surface area contributed by atoms with E-state index in [1.807, 2.05) is 23.1 Å². The van der Waals surface area contributed by atoms with Crippen molar-refractivity contribution in [3.05, 3.63) is 69.8 Å². The van der Waals surface area contributed by atoms with Crippen LogP contribution in [-0.4, -0.2) is 64.4 Å². The van der Waals surface area contributed by atoms with Gasteiger partial charge in [0.2, 0.25) is 5.91 Å². The van der Waals surface area contributed by atoms with Crippen molar-refractivity contribution < 1.29 is 9.59 Å². The predicted octanol–water partition coefficient (Wildman–Crippen LogP) is 1.91. The second-order valence-electron chi connectivity index (χ2n) is 8.84. The lowest BCUT2D eigenvalue weighted by Gasteiger charge is -2.32. The van der Waals surface area contributed by atoms with Gasteiger partial charge in [-0.05, 0) is 49.4 Å². The Hall–Kier alpha value is -3.52. The number of anilines is 1. The zero-order chi connectivity index (χ0) is 22.9. The number of rotatable bonds is 4. The lowest BCUT2D eigenvalue weighted by Crippen LogP contribution is -2.47. The van der Waals surface area contributed by atoms with Crippen LogP contribution in [0.5, 0.6) is 0 Å². The van der Waals surface area contributed by atoms with Crippen LogP contribution >= 0.6 is 0 Å². The third kappa shape index (κ3) is 4.39. The van der Waals surface area contributed by atoms with Crippen LogP contribution < -0.4 is 10.9 Å². The fourth-order valence-corrected chi connectivity index (χ4v) is 4.53. The standard InChI is InChI=1S/C25H27N5O3/c1-28-10-12-29(13-11-28)23(31)15-17-4-2-5-19(14-17)26-24(32)18-7-8-20-21(16-18)27-22-6-3-9-30(22)25(20)33/h2,4-5,7-8,14,16H,3,6,9-13,15H2,1H3,(H,26,32). The SMILES string of the molecule is CN1CCN(C(=O)Cc2cccc(NC(=O)c3ccc4c(=O)n5c(nc4c3)CCC5)c2)CC1. The predicted molar refractivity (Wildman–Crippen MR) is 127 cm³/mol. The van der Waals surface area contributed by atoms with Gasteiger partial charge in [-0.15, -0.1) is 0 Å². The Morgan fingerprint density at radius 1 is 1.03 bits per heavy atom. The minimum absolute atomic E-state index is 0.0443. The van der Waals surface area contributed by atoms with Gasteiger partial charge in [0.1, 0.15) is 5.82 Å². The molecule has 2 aliphatic heterocycles. The van der Waals surface area contributed by atoms with E-state index in [1.54, 1.807) is 28.8 Å². The molecule has 0 unspecified atom stereocenters. The molecule has 0 aliphatic carbocycles. The molecule has 2 amide bonds. The molecular weight excluding hydrogens is 418 g/mol. The first-order valence-corrected chi connectivity index (χ1v) is 11.4. The van der Waals surface area contributed by atoms with Gasteiger partial charge in [0.25, 0.3) is 11.5 Å². The molecule has 1 saturated heterocycles. The lowest BCUT2D eigenvalue weighted by molar-refractivity contribution is -0.132. The van der Waals surface area contributed by atoms with E-state index >= 15 is 0 Å². The van der Waals surface area contributed by atoms with Gasteiger partial charge in [-0.25, -0.2) is 4.98 Å². The smallest absolute Gasteiger partial charge is 0.261 e. The third-order valence-corrected chi connectivity index (χ3v) is 6.47. The molecule has 0 spiro atoms. The number of amides is 2. The Bertz CT molecular complexity index is 1290. The number of nitrogens with one attached hydrogen (secondary N) is 1. The maximum absolute atomic E-state index is 12.9. The van der Waals surface area contributed by atoms with Gasteiger partial charge < -0.3 is 15.1 Å². The van der Waals surface area contributed by atoms with Gasteiger partial charge >= 0.3 is 0 Å². The Morgan fingerprint density at radius 3 is 2.67 bits per heavy atom. The first-order chi connectivity index (χ1) is 16.0. The van der Waals surface area contributed by atoms with E-state index in [0.29, 0.717) is 35.1 Å². The summed E-state index contributed by atoms with van der Waals surface area (Å²) in [5.74, 6) is 0.607. The van der Waals surface area contributed by atoms with E-state index < -0.39 is 0 Å². The minimum atomic E-state index is -0.276. The number of aryl methyl sites for hydroxylation is 1. The summed E-state index contributed by atoms with van der Waals surface area (Å²) in [4.78, 5) is 46.9. The van der Waals surface area contributed by atoms with Crippen LogP contribution in [0.4, 0.5) is 5.69 Å². The number of likely N-dealkylation sites (N-methyl/N-ethyl adjacent to an activating group) is 1. The summed E-state index contributed by atoms with van der Waals surface area (Å²) < 4.78 is 1.72. The third-order valence-electron chi connectivity index (χ3n) is 6.47. The quantitative estimate of drug-likeness (QED) is 0.663. The number of hydrogen-bond donors (Lipinski definition) is 1. The molecule has 170 valence electrons. The number of carbonyl (C=O) groups is 2. The average molecular weight is 446 g/mol. The maximum atomic E-state index is 12.9. The van der Waals surface area contributed by atoms with E-state index in [-0.39, 0.29) is 17.4 Å². The highest BCUT2D eigenvalue weighted by Crippen LogP contribution is 2.18. The zero-order valence-electron chi connectivity index (χ0n) is 18.7. The molecular formula is C25H27N5O3. The maximum Gasteiger partial charge on any atom is 0.261 e. The van der Waals surface area contributed by atoms with Crippen LogP contribution in [0.3, 0.4) is 0 Å². The first-order valence-electron chi connectivity index (χ1n) is 11.4. The molecule has 3 aromatic rings. The summed E-state index contributed by atoms with van der Waals surface area (Å²) in [6.45, 7) is 3.96. The Kier molecular flexibility index (Phi) is 5.68. The van der Waals surface area contributed by atoms with E-state index in [0.717, 1.165) is 50.4 Å². The van der Waals surface area contributed by atoms with E-state index in [1.165, 1.54) is 0 Å². The molecule has 2 aromatic carbocycles. The van der Waals surface area contributed by atoms with Gasteiger partial charge in [-0.2, -0.15) is 0 Å². The fraction of sp³-hybridized carbons (Fsp3) is 0.360. The molecule has 0 saturated carbocycles. The Morgan fingerprint density at radius 2 is 1.85 bits per heavy atom. The number of carbonyl (C=O) groups excluding carboxylic acids is 2. The van der Waals surface area contributed by atoms with Gasteiger partial charge in [0.15, 0.2) is 0 Å². The van der Waals surface area contributed by atoms with E-state index in [9.17, 15) is 14.4 Å². The van der Waals surface area contributed by atoms with Crippen LogP contribution in [0, 0.1) is 0 Å². The molecule has 5 rings (SSSR count). The van der Waals surface area contributed by atoms with Crippen LogP contribution in [-0.2, 0) is 24.2 Å². The van der Waals surface area contributed by atoms with Gasteiger partial charge in [0.05, 0.1) is 17.3 Å². The van der Waals surface area contributed by atoms with Crippen molar-refractivity contribution >= 4 is 28.4 Å². The zero-order valence-corrected chi connectivity index (χ0v) is 18.7. The minimum Gasteiger partial charge on any atom is -0.340 e. The van der Waals surface area contributed by atoms with Gasteiger partial charge in [-0.1, -0.05) is 12.1 Å².